The van der Waals surface area contributed by atoms with Gasteiger partial charge in [0.1, 0.15) is 17.3 Å². The number of H-pyrrole nitrogens is 1. The fourth-order valence-electron chi connectivity index (χ4n) is 4.96. The first-order chi connectivity index (χ1) is 17.9. The molecule has 0 aliphatic rings. The second kappa shape index (κ2) is 11.9. The Bertz CT molecular complexity index is 1340. The lowest BCUT2D eigenvalue weighted by atomic mass is 9.90. The topological polar surface area (TPSA) is 86.4 Å². The molecule has 0 aliphatic carbocycles. The van der Waals surface area contributed by atoms with E-state index in [2.05, 4.69) is 54.6 Å². The van der Waals surface area contributed by atoms with Gasteiger partial charge in [-0.2, -0.15) is 0 Å². The number of hydrogen-bond donors (Lipinski definition) is 4. The summed E-state index contributed by atoms with van der Waals surface area (Å²) < 4.78 is 5.43. The number of phenols is 1. The van der Waals surface area contributed by atoms with Crippen LogP contribution in [0.3, 0.4) is 0 Å². The average Bonchev–Trinajstić information content (AvgIpc) is 3.21. The first-order valence-electron chi connectivity index (χ1n) is 13.1. The van der Waals surface area contributed by atoms with Crippen molar-refractivity contribution < 1.29 is 14.6 Å². The van der Waals surface area contributed by atoms with Crippen LogP contribution in [0, 0.1) is 13.8 Å². The Kier molecular flexibility index (Phi) is 8.39. The summed E-state index contributed by atoms with van der Waals surface area (Å²) in [6.07, 6.45) is 2.30. The number of amides is 1. The van der Waals surface area contributed by atoms with Crippen molar-refractivity contribution in [1.29, 1.82) is 0 Å². The van der Waals surface area contributed by atoms with Gasteiger partial charge in [-0.1, -0.05) is 48.4 Å². The number of aromatic nitrogens is 1. The van der Waals surface area contributed by atoms with Crippen LogP contribution in [0.25, 0.3) is 10.9 Å². The minimum atomic E-state index is -0.446. The molecule has 37 heavy (non-hydrogen) atoms. The number of aromatic hydroxyl groups is 1. The maximum atomic E-state index is 11.9. The fourth-order valence-corrected chi connectivity index (χ4v) is 4.96. The van der Waals surface area contributed by atoms with Gasteiger partial charge in [0.05, 0.1) is 0 Å². The highest BCUT2D eigenvalue weighted by atomic mass is 16.6. The highest BCUT2D eigenvalue weighted by Gasteiger charge is 2.17. The second-order valence-corrected chi connectivity index (χ2v) is 9.66. The molecule has 194 valence electrons. The molecule has 4 aromatic rings. The van der Waals surface area contributed by atoms with Gasteiger partial charge < -0.3 is 25.5 Å². The van der Waals surface area contributed by atoms with Gasteiger partial charge in [0.25, 0.3) is 0 Å². The number of hydrogen-bond acceptors (Lipinski definition) is 4. The lowest BCUT2D eigenvalue weighted by Crippen LogP contribution is -2.26. The van der Waals surface area contributed by atoms with Crippen molar-refractivity contribution in [1.82, 2.24) is 10.3 Å². The highest BCUT2D eigenvalue weighted by Crippen LogP contribution is 2.32. The van der Waals surface area contributed by atoms with Crippen molar-refractivity contribution in [3.8, 4) is 11.5 Å². The van der Waals surface area contributed by atoms with Gasteiger partial charge in [0.15, 0.2) is 0 Å². The molecule has 0 saturated heterocycles. The van der Waals surface area contributed by atoms with Crippen molar-refractivity contribution in [3.63, 3.8) is 0 Å². The van der Waals surface area contributed by atoms with Crippen molar-refractivity contribution in [2.24, 2.45) is 0 Å². The third-order valence-electron chi connectivity index (χ3n) is 6.72. The Morgan fingerprint density at radius 3 is 2.41 bits per heavy atom. The van der Waals surface area contributed by atoms with Crippen LogP contribution in [-0.2, 0) is 12.8 Å². The van der Waals surface area contributed by atoms with Gasteiger partial charge in [0, 0.05) is 35.5 Å². The predicted molar refractivity (Wildman–Crippen MR) is 151 cm³/mol. The van der Waals surface area contributed by atoms with E-state index in [4.69, 9.17) is 4.74 Å². The summed E-state index contributed by atoms with van der Waals surface area (Å²) in [4.78, 5) is 15.4. The molecule has 4 rings (SSSR count). The van der Waals surface area contributed by atoms with Gasteiger partial charge in [0.2, 0.25) is 0 Å². The smallest absolute Gasteiger partial charge is 0.412 e. The molecule has 0 saturated carbocycles. The molecular weight excluding hydrogens is 462 g/mol. The number of aromatic amines is 1. The van der Waals surface area contributed by atoms with Crippen molar-refractivity contribution in [2.45, 2.75) is 52.9 Å². The van der Waals surface area contributed by atoms with E-state index >= 15 is 0 Å². The van der Waals surface area contributed by atoms with Crippen LogP contribution in [0.1, 0.15) is 54.0 Å². The van der Waals surface area contributed by atoms with Crippen LogP contribution in [0.4, 0.5) is 10.6 Å². The summed E-state index contributed by atoms with van der Waals surface area (Å²) in [7, 11) is 0. The quantitative estimate of drug-likeness (QED) is 0.189. The number of ether oxygens (including phenoxy) is 1. The minimum absolute atomic E-state index is 0.293. The normalized spacial score (nSPS) is 11.9. The minimum Gasteiger partial charge on any atom is -0.508 e. The Balaban J connectivity index is 1.56. The molecule has 0 spiro atoms. The summed E-state index contributed by atoms with van der Waals surface area (Å²) in [5.74, 6) is 2.13. The largest absolute Gasteiger partial charge is 0.508 e. The van der Waals surface area contributed by atoms with Crippen molar-refractivity contribution in [3.05, 3.63) is 88.5 Å². The van der Waals surface area contributed by atoms with E-state index in [-0.39, 0.29) is 0 Å². The van der Waals surface area contributed by atoms with E-state index in [0.29, 0.717) is 24.0 Å². The molecule has 6 heteroatoms. The summed E-state index contributed by atoms with van der Waals surface area (Å²) in [5, 5.41) is 17.1. The van der Waals surface area contributed by atoms with Gasteiger partial charge in [-0.15, -0.1) is 0 Å². The number of fused-ring (bicyclic) bond motifs is 1. The monoisotopic (exact) mass is 499 g/mol. The molecule has 0 radical (unpaired) electrons. The number of aryl methyl sites for hydroxylation is 4. The SMILES string of the molecule is CCNC(=O)Oc1ccc2[nH]c(NCC(CCc3ccc(O)cc3)c3cc(C)cc(C)c3)c(CC)c2c1. The van der Waals surface area contributed by atoms with Crippen LogP contribution in [0.15, 0.2) is 60.7 Å². The van der Waals surface area contributed by atoms with Crippen LogP contribution >= 0.6 is 0 Å². The molecule has 1 heterocycles. The summed E-state index contributed by atoms with van der Waals surface area (Å²) in [6.45, 7) is 9.59. The molecule has 1 unspecified atom stereocenters. The van der Waals surface area contributed by atoms with Crippen LogP contribution in [0.5, 0.6) is 11.5 Å². The number of nitrogens with one attached hydrogen (secondary N) is 3. The van der Waals surface area contributed by atoms with Gasteiger partial charge in [-0.05, 0) is 81.5 Å². The number of carbonyl (C=O) groups excluding carboxylic acids is 1. The first-order valence-corrected chi connectivity index (χ1v) is 13.1. The third kappa shape index (κ3) is 6.64. The number of rotatable bonds is 10. The molecule has 6 nitrogen and oxygen atoms in total. The lowest BCUT2D eigenvalue weighted by molar-refractivity contribution is 0.201. The average molecular weight is 500 g/mol. The van der Waals surface area contributed by atoms with Gasteiger partial charge in [-0.25, -0.2) is 4.79 Å². The predicted octanol–water partition coefficient (Wildman–Crippen LogP) is 6.99. The fraction of sp³-hybridized carbons (Fsp3) is 0.323. The van der Waals surface area contributed by atoms with Crippen LogP contribution in [0.2, 0.25) is 0 Å². The zero-order valence-corrected chi connectivity index (χ0v) is 22.2. The van der Waals surface area contributed by atoms with E-state index in [9.17, 15) is 9.90 Å². The summed E-state index contributed by atoms with van der Waals surface area (Å²) >= 11 is 0. The Hall–Kier alpha value is -3.93. The van der Waals surface area contributed by atoms with Gasteiger partial charge in [-0.3, -0.25) is 0 Å². The van der Waals surface area contributed by atoms with E-state index in [1.807, 2.05) is 37.3 Å². The summed E-state index contributed by atoms with van der Waals surface area (Å²) in [6, 6.07) is 20.0. The Labute approximate surface area is 219 Å². The molecule has 1 atom stereocenters. The first kappa shape index (κ1) is 26.1. The number of phenolic OH excluding ortho intramolecular Hbond substituents is 1. The van der Waals surface area contributed by atoms with E-state index in [0.717, 1.165) is 42.5 Å². The van der Waals surface area contributed by atoms with Gasteiger partial charge >= 0.3 is 6.09 Å². The molecule has 0 fully saturated rings. The molecule has 1 aromatic heterocycles. The number of carbonyl (C=O) groups is 1. The van der Waals surface area contributed by atoms with E-state index < -0.39 is 6.09 Å². The third-order valence-corrected chi connectivity index (χ3v) is 6.72. The molecule has 0 bridgehead atoms. The van der Waals surface area contributed by atoms with Crippen LogP contribution < -0.4 is 15.4 Å². The standard InChI is InChI=1S/C31H37N3O3/c1-5-27-28-18-26(37-31(36)32-6-2)13-14-29(28)34-30(27)33-19-23(24-16-20(3)15-21(4)17-24)10-7-22-8-11-25(35)12-9-22/h8-9,11-18,23,33-35H,5-7,10,19H2,1-4H3,(H,32,36). The van der Waals surface area contributed by atoms with Crippen molar-refractivity contribution in [2.75, 3.05) is 18.4 Å². The highest BCUT2D eigenvalue weighted by molar-refractivity contribution is 5.90. The molecule has 0 aliphatic heterocycles. The van der Waals surface area contributed by atoms with E-state index in [1.165, 1.54) is 27.8 Å². The zero-order chi connectivity index (χ0) is 26.4. The number of benzene rings is 3. The maximum Gasteiger partial charge on any atom is 0.412 e. The molecular formula is C31H37N3O3. The second-order valence-electron chi connectivity index (χ2n) is 9.66. The zero-order valence-electron chi connectivity index (χ0n) is 22.2. The van der Waals surface area contributed by atoms with E-state index in [1.54, 1.807) is 12.1 Å². The Morgan fingerprint density at radius 1 is 1.00 bits per heavy atom. The van der Waals surface area contributed by atoms with Crippen LogP contribution in [-0.4, -0.2) is 29.3 Å². The van der Waals surface area contributed by atoms with Crippen molar-refractivity contribution >= 4 is 22.8 Å². The lowest BCUT2D eigenvalue weighted by Gasteiger charge is -2.20. The molecule has 4 N–H and O–H groups in total. The maximum absolute atomic E-state index is 11.9. The molecule has 3 aromatic carbocycles. The molecule has 1 amide bonds. The number of anilines is 1. The summed E-state index contributed by atoms with van der Waals surface area (Å²) in [5.41, 5.74) is 7.26. The Morgan fingerprint density at radius 2 is 1.73 bits per heavy atom.